The van der Waals surface area contributed by atoms with Crippen molar-refractivity contribution in [3.63, 3.8) is 0 Å². The van der Waals surface area contributed by atoms with Gasteiger partial charge in [-0.25, -0.2) is 0 Å². The van der Waals surface area contributed by atoms with Crippen LogP contribution in [0.2, 0.25) is 0 Å². The van der Waals surface area contributed by atoms with E-state index in [2.05, 4.69) is 38.0 Å². The Labute approximate surface area is 95.1 Å². The Balaban J connectivity index is 2.16. The molecule has 0 radical (unpaired) electrons. The van der Waals surface area contributed by atoms with Crippen LogP contribution in [0.25, 0.3) is 5.43 Å². The predicted molar refractivity (Wildman–Crippen MR) is 59.8 cm³/mol. The summed E-state index contributed by atoms with van der Waals surface area (Å²) in [6.07, 6.45) is 7.02. The quantitative estimate of drug-likeness (QED) is 0.627. The summed E-state index contributed by atoms with van der Waals surface area (Å²) in [7, 11) is 0. The van der Waals surface area contributed by atoms with Gasteiger partial charge in [0.25, 0.3) is 0 Å². The third kappa shape index (κ3) is 2.38. The minimum atomic E-state index is 0.599. The van der Waals surface area contributed by atoms with Crippen molar-refractivity contribution in [1.82, 2.24) is 9.97 Å². The Morgan fingerprint density at radius 1 is 1.07 bits per heavy atom. The maximum atomic E-state index is 4.22. The first-order valence-corrected chi connectivity index (χ1v) is 5.08. The smallest absolute Gasteiger partial charge is 0.182 e. The molecule has 0 aliphatic rings. The van der Waals surface area contributed by atoms with Crippen LogP contribution in [-0.4, -0.2) is 9.97 Å². The van der Waals surface area contributed by atoms with Gasteiger partial charge in [0.05, 0.1) is 3.70 Å². The highest BCUT2D eigenvalue weighted by Crippen LogP contribution is 2.09. The van der Waals surface area contributed by atoms with Crippen molar-refractivity contribution >= 4 is 28.4 Å². The highest BCUT2D eigenvalue weighted by Gasteiger charge is 1.92. The van der Waals surface area contributed by atoms with Gasteiger partial charge in [-0.15, -0.1) is 0 Å². The molecule has 4 nitrogen and oxygen atoms in total. The van der Waals surface area contributed by atoms with Gasteiger partial charge < -0.3 is 4.98 Å². The van der Waals surface area contributed by atoms with Crippen molar-refractivity contribution in [3.05, 3.63) is 52.1 Å². The first-order chi connectivity index (χ1) is 6.84. The molecule has 2 rings (SSSR count). The predicted octanol–water partition coefficient (Wildman–Crippen LogP) is 1.84. The SMILES string of the molecule is Ic1cnc([N-][n+]2ccccc2)cn1. The van der Waals surface area contributed by atoms with E-state index in [-0.39, 0.29) is 0 Å². The lowest BCUT2D eigenvalue weighted by atomic mass is 10.5. The largest absolute Gasteiger partial charge is 0.435 e. The second-order valence-corrected chi connectivity index (χ2v) is 3.66. The molecule has 2 aromatic heterocycles. The monoisotopic (exact) mass is 298 g/mol. The summed E-state index contributed by atoms with van der Waals surface area (Å²) in [4.78, 5) is 8.21. The average Bonchev–Trinajstić information content (AvgIpc) is 2.23. The maximum Gasteiger partial charge on any atom is 0.182 e. The average molecular weight is 298 g/mol. The van der Waals surface area contributed by atoms with Gasteiger partial charge in [-0.05, 0) is 28.8 Å². The van der Waals surface area contributed by atoms with Crippen molar-refractivity contribution in [2.45, 2.75) is 0 Å². The first-order valence-electron chi connectivity index (χ1n) is 4.00. The molecular weight excluding hydrogens is 291 g/mol. The topological polar surface area (TPSA) is 43.8 Å². The van der Waals surface area contributed by atoms with E-state index in [9.17, 15) is 0 Å². The van der Waals surface area contributed by atoms with E-state index in [0.29, 0.717) is 5.82 Å². The Bertz CT molecular complexity index is 401. The molecule has 0 spiro atoms. The summed E-state index contributed by atoms with van der Waals surface area (Å²) in [5, 5.41) is 0. The van der Waals surface area contributed by atoms with E-state index in [4.69, 9.17) is 0 Å². The van der Waals surface area contributed by atoms with Gasteiger partial charge in [-0.1, -0.05) is 6.07 Å². The molecule has 0 saturated carbocycles. The molecule has 0 aromatic carbocycles. The molecule has 0 N–H and O–H groups in total. The van der Waals surface area contributed by atoms with Crippen LogP contribution in [0.3, 0.4) is 0 Å². The van der Waals surface area contributed by atoms with Crippen LogP contribution in [0.4, 0.5) is 5.82 Å². The normalized spacial score (nSPS) is 9.79. The minimum Gasteiger partial charge on any atom is -0.435 e. The van der Waals surface area contributed by atoms with Gasteiger partial charge >= 0.3 is 0 Å². The van der Waals surface area contributed by atoms with Crippen LogP contribution in [0.15, 0.2) is 43.0 Å². The van der Waals surface area contributed by atoms with Gasteiger partial charge in [0.2, 0.25) is 0 Å². The number of hydrogen-bond acceptors (Lipinski definition) is 2. The summed E-state index contributed by atoms with van der Waals surface area (Å²) in [6, 6.07) is 5.75. The van der Waals surface area contributed by atoms with Gasteiger partial charge in [0.1, 0.15) is 0 Å². The van der Waals surface area contributed by atoms with Gasteiger partial charge in [-0.3, -0.25) is 4.98 Å². The molecule has 2 aromatic rings. The zero-order valence-electron chi connectivity index (χ0n) is 7.21. The van der Waals surface area contributed by atoms with Crippen LogP contribution in [-0.2, 0) is 0 Å². The molecule has 0 atom stereocenters. The van der Waals surface area contributed by atoms with E-state index < -0.39 is 0 Å². The molecule has 5 heteroatoms. The molecule has 0 aliphatic heterocycles. The minimum absolute atomic E-state index is 0.599. The fraction of sp³-hybridized carbons (Fsp3) is 0. The molecule has 0 bridgehead atoms. The number of rotatable bonds is 2. The van der Waals surface area contributed by atoms with Crippen LogP contribution in [0, 0.1) is 3.70 Å². The second-order valence-electron chi connectivity index (χ2n) is 2.55. The van der Waals surface area contributed by atoms with Gasteiger partial charge in [-0.2, -0.15) is 10.1 Å². The van der Waals surface area contributed by atoms with Crippen molar-refractivity contribution in [3.8, 4) is 0 Å². The van der Waals surface area contributed by atoms with Crippen molar-refractivity contribution < 1.29 is 4.68 Å². The maximum absolute atomic E-state index is 4.22. The molecule has 0 amide bonds. The third-order valence-corrected chi connectivity index (χ3v) is 2.08. The highest BCUT2D eigenvalue weighted by molar-refractivity contribution is 14.1. The second kappa shape index (κ2) is 4.32. The molecular formula is C9H7IN4. The number of hydrogen-bond donors (Lipinski definition) is 0. The summed E-state index contributed by atoms with van der Waals surface area (Å²) in [5.41, 5.74) is 4.22. The summed E-state index contributed by atoms with van der Waals surface area (Å²) in [5.74, 6) is 0.599. The van der Waals surface area contributed by atoms with Crippen molar-refractivity contribution in [2.24, 2.45) is 0 Å². The van der Waals surface area contributed by atoms with Gasteiger partial charge in [0.15, 0.2) is 12.4 Å². The molecule has 0 saturated heterocycles. The fourth-order valence-corrected chi connectivity index (χ4v) is 1.21. The van der Waals surface area contributed by atoms with E-state index >= 15 is 0 Å². The molecule has 0 unspecified atom stereocenters. The fourth-order valence-electron chi connectivity index (χ4n) is 0.932. The molecule has 70 valence electrons. The molecule has 14 heavy (non-hydrogen) atoms. The van der Waals surface area contributed by atoms with E-state index in [1.165, 1.54) is 0 Å². The zero-order valence-corrected chi connectivity index (χ0v) is 9.37. The summed E-state index contributed by atoms with van der Waals surface area (Å²) in [6.45, 7) is 0. The zero-order chi connectivity index (χ0) is 9.80. The van der Waals surface area contributed by atoms with Crippen molar-refractivity contribution in [1.29, 1.82) is 0 Å². The van der Waals surface area contributed by atoms with Crippen molar-refractivity contribution in [2.75, 3.05) is 0 Å². The Kier molecular flexibility index (Phi) is 2.87. The van der Waals surface area contributed by atoms with Crippen LogP contribution < -0.4 is 4.68 Å². The number of nitrogens with zero attached hydrogens (tertiary/aromatic N) is 4. The molecule has 0 fully saturated rings. The number of halogens is 1. The van der Waals surface area contributed by atoms with E-state index in [0.717, 1.165) is 3.70 Å². The lowest BCUT2D eigenvalue weighted by Crippen LogP contribution is -2.26. The Hall–Kier alpha value is -1.24. The van der Waals surface area contributed by atoms with Gasteiger partial charge in [0, 0.05) is 24.1 Å². The van der Waals surface area contributed by atoms with Crippen LogP contribution in [0.1, 0.15) is 0 Å². The Morgan fingerprint density at radius 3 is 2.50 bits per heavy atom. The Morgan fingerprint density at radius 2 is 1.86 bits per heavy atom. The summed E-state index contributed by atoms with van der Waals surface area (Å²) < 4.78 is 2.55. The van der Waals surface area contributed by atoms with E-state index in [1.807, 2.05) is 30.6 Å². The molecule has 0 aliphatic carbocycles. The lowest BCUT2D eigenvalue weighted by Gasteiger charge is -2.06. The number of pyridine rings is 1. The summed E-state index contributed by atoms with van der Waals surface area (Å²) >= 11 is 2.11. The first kappa shape index (κ1) is 9.32. The van der Waals surface area contributed by atoms with E-state index in [1.54, 1.807) is 17.1 Å². The third-order valence-electron chi connectivity index (χ3n) is 1.52. The molecule has 2 heterocycles. The van der Waals surface area contributed by atoms with Crippen LogP contribution in [0.5, 0.6) is 0 Å². The highest BCUT2D eigenvalue weighted by atomic mass is 127. The lowest BCUT2D eigenvalue weighted by molar-refractivity contribution is -0.619. The standard InChI is InChI=1S/C9H7IN4/c10-8-6-12-9(7-11-8)13-14-4-2-1-3-5-14/h1-7H. The van der Waals surface area contributed by atoms with Crippen LogP contribution >= 0.6 is 22.6 Å². The number of aromatic nitrogens is 3.